The SMILES string of the molecule is COc1cc2c(Oc3ccc(NC(=O)C4(C(=O)Nc5cccc(F)c5)CC4)cc3F)ccnc2cc1OCC1CCN(CC(N)=O)CC1. The van der Waals surface area contributed by atoms with Gasteiger partial charge in [-0.3, -0.25) is 24.3 Å². The first-order valence-corrected chi connectivity index (χ1v) is 15.6. The molecular formula is C35H35F2N5O6. The summed E-state index contributed by atoms with van der Waals surface area (Å²) in [7, 11) is 1.52. The Kier molecular flexibility index (Phi) is 9.40. The zero-order valence-corrected chi connectivity index (χ0v) is 26.3. The molecule has 1 aromatic heterocycles. The summed E-state index contributed by atoms with van der Waals surface area (Å²) in [6.07, 6.45) is 3.92. The second kappa shape index (κ2) is 13.8. The molecule has 11 nitrogen and oxygen atoms in total. The molecule has 2 heterocycles. The number of carbonyl (C=O) groups is 3. The molecule has 250 valence electrons. The van der Waals surface area contributed by atoms with Crippen LogP contribution in [0.4, 0.5) is 20.2 Å². The number of rotatable bonds is 12. The number of methoxy groups -OCH3 is 1. The van der Waals surface area contributed by atoms with Gasteiger partial charge in [0, 0.05) is 35.1 Å². The highest BCUT2D eigenvalue weighted by Crippen LogP contribution is 2.48. The maximum atomic E-state index is 15.3. The minimum atomic E-state index is -1.32. The number of nitrogens with one attached hydrogen (secondary N) is 2. The Morgan fingerprint density at radius 2 is 1.65 bits per heavy atom. The molecule has 0 unspecified atom stereocenters. The van der Waals surface area contributed by atoms with Crippen molar-refractivity contribution in [3.05, 3.63) is 78.5 Å². The predicted octanol–water partition coefficient (Wildman–Crippen LogP) is 5.25. The number of primary amides is 1. The fourth-order valence-electron chi connectivity index (χ4n) is 5.76. The molecule has 13 heteroatoms. The van der Waals surface area contributed by atoms with E-state index in [-0.39, 0.29) is 29.6 Å². The number of amides is 3. The van der Waals surface area contributed by atoms with Crippen LogP contribution in [0.3, 0.4) is 0 Å². The second-order valence-corrected chi connectivity index (χ2v) is 12.1. The number of pyridine rings is 1. The summed E-state index contributed by atoms with van der Waals surface area (Å²) in [5.41, 5.74) is 4.94. The molecule has 1 saturated carbocycles. The number of hydrogen-bond acceptors (Lipinski definition) is 8. The molecule has 1 saturated heterocycles. The number of nitrogens with zero attached hydrogens (tertiary/aromatic N) is 2. The number of nitrogens with two attached hydrogens (primary N) is 1. The molecule has 4 N–H and O–H groups in total. The number of anilines is 2. The summed E-state index contributed by atoms with van der Waals surface area (Å²) in [6.45, 7) is 2.27. The van der Waals surface area contributed by atoms with Crippen molar-refractivity contribution in [3.8, 4) is 23.0 Å². The third kappa shape index (κ3) is 7.31. The van der Waals surface area contributed by atoms with E-state index in [1.54, 1.807) is 24.4 Å². The molecule has 6 rings (SSSR count). The average Bonchev–Trinajstić information content (AvgIpc) is 3.88. The molecular weight excluding hydrogens is 624 g/mol. The van der Waals surface area contributed by atoms with Crippen molar-refractivity contribution in [1.82, 2.24) is 9.88 Å². The molecule has 1 aliphatic heterocycles. The third-order valence-corrected chi connectivity index (χ3v) is 8.66. The van der Waals surface area contributed by atoms with Gasteiger partial charge in [0.1, 0.15) is 17.0 Å². The van der Waals surface area contributed by atoms with Gasteiger partial charge in [-0.25, -0.2) is 8.78 Å². The molecule has 2 aliphatic rings. The van der Waals surface area contributed by atoms with E-state index >= 15 is 4.39 Å². The second-order valence-electron chi connectivity index (χ2n) is 12.1. The molecule has 3 amide bonds. The minimum absolute atomic E-state index is 0.0903. The van der Waals surface area contributed by atoms with Gasteiger partial charge in [0.25, 0.3) is 0 Å². The molecule has 0 bridgehead atoms. The van der Waals surface area contributed by atoms with Crippen LogP contribution in [-0.2, 0) is 14.4 Å². The van der Waals surface area contributed by atoms with Crippen LogP contribution in [0, 0.1) is 23.0 Å². The molecule has 4 aromatic rings. The van der Waals surface area contributed by atoms with Crippen molar-refractivity contribution in [2.24, 2.45) is 17.1 Å². The Hall–Kier alpha value is -5.30. The van der Waals surface area contributed by atoms with Crippen molar-refractivity contribution < 1.29 is 37.4 Å². The van der Waals surface area contributed by atoms with Crippen molar-refractivity contribution in [1.29, 1.82) is 0 Å². The Labute approximate surface area is 275 Å². The third-order valence-electron chi connectivity index (χ3n) is 8.66. The summed E-state index contributed by atoms with van der Waals surface area (Å²) in [6, 6.07) is 14.4. The molecule has 0 radical (unpaired) electrons. The van der Waals surface area contributed by atoms with E-state index in [9.17, 15) is 18.8 Å². The maximum absolute atomic E-state index is 15.3. The summed E-state index contributed by atoms with van der Waals surface area (Å²) in [5, 5.41) is 5.77. The van der Waals surface area contributed by atoms with Crippen LogP contribution in [0.15, 0.2) is 66.9 Å². The largest absolute Gasteiger partial charge is 0.493 e. The van der Waals surface area contributed by atoms with E-state index in [4.69, 9.17) is 19.9 Å². The fraction of sp³-hybridized carbons (Fsp3) is 0.314. The lowest BCUT2D eigenvalue weighted by Crippen LogP contribution is -2.40. The number of halogens is 2. The molecule has 3 aromatic carbocycles. The van der Waals surface area contributed by atoms with Crippen LogP contribution >= 0.6 is 0 Å². The predicted molar refractivity (Wildman–Crippen MR) is 174 cm³/mol. The Bertz CT molecular complexity index is 1860. The number of fused-ring (bicyclic) bond motifs is 1. The zero-order valence-electron chi connectivity index (χ0n) is 26.3. The van der Waals surface area contributed by atoms with Crippen molar-refractivity contribution in [2.45, 2.75) is 25.7 Å². The van der Waals surface area contributed by atoms with E-state index < -0.39 is 28.9 Å². The van der Waals surface area contributed by atoms with Gasteiger partial charge >= 0.3 is 0 Å². The summed E-state index contributed by atoms with van der Waals surface area (Å²) in [4.78, 5) is 43.6. The molecule has 48 heavy (non-hydrogen) atoms. The molecule has 2 fully saturated rings. The Morgan fingerprint density at radius 3 is 2.29 bits per heavy atom. The standard InChI is InChI=1S/C35H35F2N5O6/c1-46-30-17-25-27(18-31(30)47-20-21-8-13-42(14-9-21)19-32(38)43)39-12-7-28(25)48-29-6-5-24(16-26(29)37)41-34(45)35(10-11-35)33(44)40-23-4-2-3-22(36)15-23/h2-7,12,15-18,21H,8-11,13-14,19-20H2,1H3,(H2,38,43)(H,40,44)(H,41,45). The maximum Gasteiger partial charge on any atom is 0.240 e. The van der Waals surface area contributed by atoms with Crippen LogP contribution in [0.5, 0.6) is 23.0 Å². The van der Waals surface area contributed by atoms with Crippen molar-refractivity contribution in [2.75, 3.05) is 44.0 Å². The van der Waals surface area contributed by atoms with Crippen LogP contribution < -0.4 is 30.6 Å². The lowest BCUT2D eigenvalue weighted by molar-refractivity contribution is -0.131. The topological polar surface area (TPSA) is 145 Å². The highest BCUT2D eigenvalue weighted by molar-refractivity contribution is 6.16. The molecule has 1 aliphatic carbocycles. The van der Waals surface area contributed by atoms with Gasteiger partial charge < -0.3 is 30.6 Å². The average molecular weight is 660 g/mol. The van der Waals surface area contributed by atoms with Gasteiger partial charge in [0.05, 0.1) is 25.8 Å². The number of likely N-dealkylation sites (tertiary alicyclic amines) is 1. The van der Waals surface area contributed by atoms with Crippen LogP contribution in [0.1, 0.15) is 25.7 Å². The van der Waals surface area contributed by atoms with Gasteiger partial charge in [0.2, 0.25) is 17.7 Å². The van der Waals surface area contributed by atoms with Crippen molar-refractivity contribution in [3.63, 3.8) is 0 Å². The Morgan fingerprint density at radius 1 is 0.917 bits per heavy atom. The number of aromatic nitrogens is 1. The van der Waals surface area contributed by atoms with E-state index in [1.807, 2.05) is 4.90 Å². The smallest absolute Gasteiger partial charge is 0.240 e. The quantitative estimate of drug-likeness (QED) is 0.175. The van der Waals surface area contributed by atoms with Crippen LogP contribution in [0.2, 0.25) is 0 Å². The molecule has 0 spiro atoms. The minimum Gasteiger partial charge on any atom is -0.493 e. The first kappa shape index (κ1) is 32.6. The highest BCUT2D eigenvalue weighted by Gasteiger charge is 2.56. The summed E-state index contributed by atoms with van der Waals surface area (Å²) < 4.78 is 46.5. The monoisotopic (exact) mass is 659 g/mol. The molecule has 0 atom stereocenters. The van der Waals surface area contributed by atoms with Crippen molar-refractivity contribution >= 4 is 40.0 Å². The number of carbonyl (C=O) groups excluding carboxylic acids is 3. The van der Waals surface area contributed by atoms with E-state index in [1.165, 1.54) is 37.4 Å². The highest BCUT2D eigenvalue weighted by atomic mass is 19.1. The van der Waals surface area contributed by atoms with Gasteiger partial charge in [-0.2, -0.15) is 0 Å². The first-order valence-electron chi connectivity index (χ1n) is 15.6. The zero-order chi connectivity index (χ0) is 33.8. The lowest BCUT2D eigenvalue weighted by Gasteiger charge is -2.31. The number of piperidine rings is 1. The van der Waals surface area contributed by atoms with Crippen LogP contribution in [0.25, 0.3) is 10.9 Å². The van der Waals surface area contributed by atoms with E-state index in [0.717, 1.165) is 38.1 Å². The van der Waals surface area contributed by atoms with E-state index in [0.29, 0.717) is 53.5 Å². The van der Waals surface area contributed by atoms with Gasteiger partial charge in [0.15, 0.2) is 23.1 Å². The summed E-state index contributed by atoms with van der Waals surface area (Å²) in [5.74, 6) is -1.20. The van der Waals surface area contributed by atoms with Gasteiger partial charge in [-0.15, -0.1) is 0 Å². The Balaban J connectivity index is 1.10. The summed E-state index contributed by atoms with van der Waals surface area (Å²) >= 11 is 0. The fourth-order valence-corrected chi connectivity index (χ4v) is 5.76. The number of ether oxygens (including phenoxy) is 3. The van der Waals surface area contributed by atoms with Crippen LogP contribution in [-0.4, -0.2) is 61.0 Å². The number of benzene rings is 3. The van der Waals surface area contributed by atoms with Gasteiger partial charge in [-0.1, -0.05) is 6.07 Å². The normalized spacial score (nSPS) is 15.8. The number of hydrogen-bond donors (Lipinski definition) is 3. The van der Waals surface area contributed by atoms with E-state index in [2.05, 4.69) is 15.6 Å². The van der Waals surface area contributed by atoms with Gasteiger partial charge in [-0.05, 0) is 87.2 Å². The first-order chi connectivity index (χ1) is 23.1. The lowest BCUT2D eigenvalue weighted by atomic mass is 9.98.